The molecule has 1 saturated heterocycles. The van der Waals surface area contributed by atoms with E-state index in [-0.39, 0.29) is 0 Å². The minimum absolute atomic E-state index is 0.334. The molecule has 2 rings (SSSR count). The number of aryl methyl sites for hydroxylation is 1. The van der Waals surface area contributed by atoms with Gasteiger partial charge in [-0.05, 0) is 57.7 Å². The van der Waals surface area contributed by atoms with Crippen LogP contribution in [0.4, 0.5) is 0 Å². The van der Waals surface area contributed by atoms with E-state index in [1.807, 2.05) is 0 Å². The maximum atomic E-state index is 11.2. The number of hydrogen-bond donors (Lipinski definition) is 0. The van der Waals surface area contributed by atoms with Crippen LogP contribution in [0.15, 0.2) is 30.3 Å². The highest BCUT2D eigenvalue weighted by molar-refractivity contribution is 5.76. The van der Waals surface area contributed by atoms with E-state index < -0.39 is 0 Å². The molecule has 0 aliphatic carbocycles. The number of likely N-dealkylation sites (tertiary alicyclic amines) is 1. The summed E-state index contributed by atoms with van der Waals surface area (Å²) in [6, 6.07) is 11.2. The summed E-state index contributed by atoms with van der Waals surface area (Å²) in [5.74, 6) is 0.334. The number of rotatable bonds is 7. The fourth-order valence-electron chi connectivity index (χ4n) is 3.04. The average molecular weight is 259 g/mol. The van der Waals surface area contributed by atoms with Crippen molar-refractivity contribution in [2.75, 3.05) is 13.1 Å². The molecule has 1 aliphatic heterocycles. The first-order chi connectivity index (χ1) is 9.25. The fourth-order valence-corrected chi connectivity index (χ4v) is 3.04. The molecule has 1 fully saturated rings. The molecular weight excluding hydrogens is 234 g/mol. The van der Waals surface area contributed by atoms with E-state index in [2.05, 4.69) is 35.2 Å². The van der Waals surface area contributed by atoms with Crippen molar-refractivity contribution >= 4 is 5.78 Å². The van der Waals surface area contributed by atoms with E-state index in [0.717, 1.165) is 13.0 Å². The normalized spacial score (nSPS) is 19.7. The van der Waals surface area contributed by atoms with E-state index in [9.17, 15) is 4.79 Å². The van der Waals surface area contributed by atoms with Crippen LogP contribution in [0.25, 0.3) is 0 Å². The van der Waals surface area contributed by atoms with Gasteiger partial charge < -0.3 is 0 Å². The lowest BCUT2D eigenvalue weighted by Crippen LogP contribution is -2.31. The van der Waals surface area contributed by atoms with Crippen molar-refractivity contribution in [2.45, 2.75) is 51.5 Å². The van der Waals surface area contributed by atoms with Crippen molar-refractivity contribution in [1.29, 1.82) is 0 Å². The van der Waals surface area contributed by atoms with Gasteiger partial charge in [0.2, 0.25) is 0 Å². The molecule has 0 N–H and O–H groups in total. The summed E-state index contributed by atoms with van der Waals surface area (Å²) in [4.78, 5) is 13.8. The molecule has 1 aromatic rings. The number of nitrogens with zero attached hydrogens (tertiary/aromatic N) is 1. The van der Waals surface area contributed by atoms with Gasteiger partial charge in [-0.3, -0.25) is 9.69 Å². The van der Waals surface area contributed by atoms with Gasteiger partial charge in [0.05, 0.1) is 0 Å². The van der Waals surface area contributed by atoms with Gasteiger partial charge in [-0.2, -0.15) is 0 Å². The highest BCUT2D eigenvalue weighted by Gasteiger charge is 2.24. The van der Waals surface area contributed by atoms with Crippen LogP contribution in [-0.4, -0.2) is 29.8 Å². The lowest BCUT2D eigenvalue weighted by Gasteiger charge is -2.23. The predicted molar refractivity (Wildman–Crippen MR) is 79.3 cm³/mol. The molecule has 1 aromatic carbocycles. The molecule has 2 heteroatoms. The Morgan fingerprint density at radius 3 is 2.79 bits per heavy atom. The number of unbranched alkanes of at least 4 members (excludes halogenated alkanes) is 1. The number of carbonyl (C=O) groups excluding carboxylic acids is 1. The second-order valence-corrected chi connectivity index (χ2v) is 5.68. The summed E-state index contributed by atoms with van der Waals surface area (Å²) >= 11 is 0. The molecule has 1 aliphatic rings. The Hall–Kier alpha value is -1.15. The third-order valence-corrected chi connectivity index (χ3v) is 4.03. The highest BCUT2D eigenvalue weighted by Crippen LogP contribution is 2.21. The van der Waals surface area contributed by atoms with Gasteiger partial charge in [0.1, 0.15) is 5.78 Å². The highest BCUT2D eigenvalue weighted by atomic mass is 16.1. The topological polar surface area (TPSA) is 20.3 Å². The Morgan fingerprint density at radius 1 is 1.26 bits per heavy atom. The standard InChI is InChI=1S/C17H25NO/c1-15(19)14-17-11-7-13-18(17)12-6-5-10-16-8-3-2-4-9-16/h2-4,8-9,17H,5-7,10-14H2,1H3. The minimum atomic E-state index is 0.334. The summed E-state index contributed by atoms with van der Waals surface area (Å²) in [5, 5.41) is 0. The Balaban J connectivity index is 1.66. The van der Waals surface area contributed by atoms with Gasteiger partial charge in [-0.15, -0.1) is 0 Å². The van der Waals surface area contributed by atoms with E-state index in [1.165, 1.54) is 44.2 Å². The van der Waals surface area contributed by atoms with E-state index in [4.69, 9.17) is 0 Å². The maximum absolute atomic E-state index is 11.2. The molecule has 0 aromatic heterocycles. The summed E-state index contributed by atoms with van der Waals surface area (Å²) in [7, 11) is 0. The van der Waals surface area contributed by atoms with Crippen LogP contribution in [0.5, 0.6) is 0 Å². The number of hydrogen-bond acceptors (Lipinski definition) is 2. The molecular formula is C17H25NO. The first-order valence-corrected chi connectivity index (χ1v) is 7.53. The summed E-state index contributed by atoms with van der Waals surface area (Å²) in [5.41, 5.74) is 1.43. The quantitative estimate of drug-likeness (QED) is 0.699. The van der Waals surface area contributed by atoms with Crippen molar-refractivity contribution in [3.05, 3.63) is 35.9 Å². The lowest BCUT2D eigenvalue weighted by atomic mass is 10.1. The van der Waals surface area contributed by atoms with Crippen LogP contribution < -0.4 is 0 Å². The van der Waals surface area contributed by atoms with E-state index >= 15 is 0 Å². The molecule has 1 atom stereocenters. The summed E-state index contributed by atoms with van der Waals surface area (Å²) in [6.07, 6.45) is 6.87. The molecule has 0 amide bonds. The van der Waals surface area contributed by atoms with Crippen LogP contribution in [-0.2, 0) is 11.2 Å². The zero-order valence-corrected chi connectivity index (χ0v) is 12.0. The Kier molecular flexibility index (Phi) is 5.59. The van der Waals surface area contributed by atoms with Gasteiger partial charge in [0.15, 0.2) is 0 Å². The first-order valence-electron chi connectivity index (χ1n) is 7.53. The number of Topliss-reactive ketones (excluding diaryl/α,β-unsaturated/α-hetero) is 1. The van der Waals surface area contributed by atoms with Crippen molar-refractivity contribution in [2.24, 2.45) is 0 Å². The molecule has 104 valence electrons. The van der Waals surface area contributed by atoms with E-state index in [0.29, 0.717) is 11.8 Å². The minimum Gasteiger partial charge on any atom is -0.300 e. The Morgan fingerprint density at radius 2 is 2.05 bits per heavy atom. The van der Waals surface area contributed by atoms with E-state index in [1.54, 1.807) is 6.92 Å². The Bertz CT molecular complexity index is 388. The van der Waals surface area contributed by atoms with Crippen molar-refractivity contribution in [3.8, 4) is 0 Å². The van der Waals surface area contributed by atoms with Crippen LogP contribution >= 0.6 is 0 Å². The van der Waals surface area contributed by atoms with Gasteiger partial charge in [0.25, 0.3) is 0 Å². The average Bonchev–Trinajstić information content (AvgIpc) is 2.82. The molecule has 19 heavy (non-hydrogen) atoms. The third kappa shape index (κ3) is 4.79. The molecule has 0 radical (unpaired) electrons. The monoisotopic (exact) mass is 259 g/mol. The maximum Gasteiger partial charge on any atom is 0.131 e. The third-order valence-electron chi connectivity index (χ3n) is 4.03. The molecule has 0 bridgehead atoms. The number of ketones is 1. The summed E-state index contributed by atoms with van der Waals surface area (Å²) < 4.78 is 0. The fraction of sp³-hybridized carbons (Fsp3) is 0.588. The smallest absolute Gasteiger partial charge is 0.131 e. The molecule has 2 nitrogen and oxygen atoms in total. The van der Waals surface area contributed by atoms with Gasteiger partial charge in [-0.25, -0.2) is 0 Å². The SMILES string of the molecule is CC(=O)CC1CCCN1CCCCc1ccccc1. The van der Waals surface area contributed by atoms with Crippen LogP contribution in [0.1, 0.15) is 44.6 Å². The lowest BCUT2D eigenvalue weighted by molar-refractivity contribution is -0.118. The van der Waals surface area contributed by atoms with Crippen LogP contribution in [0.2, 0.25) is 0 Å². The zero-order valence-electron chi connectivity index (χ0n) is 12.0. The van der Waals surface area contributed by atoms with Gasteiger partial charge >= 0.3 is 0 Å². The van der Waals surface area contributed by atoms with Gasteiger partial charge in [-0.1, -0.05) is 30.3 Å². The molecule has 0 saturated carbocycles. The molecule has 1 unspecified atom stereocenters. The van der Waals surface area contributed by atoms with Gasteiger partial charge in [0, 0.05) is 12.5 Å². The largest absolute Gasteiger partial charge is 0.300 e. The predicted octanol–water partition coefficient (Wildman–Crippen LogP) is 3.45. The van der Waals surface area contributed by atoms with Crippen LogP contribution in [0.3, 0.4) is 0 Å². The number of carbonyl (C=O) groups is 1. The summed E-state index contributed by atoms with van der Waals surface area (Å²) in [6.45, 7) is 4.06. The molecule has 0 spiro atoms. The Labute approximate surface area is 116 Å². The van der Waals surface area contributed by atoms with Crippen molar-refractivity contribution < 1.29 is 4.79 Å². The molecule has 1 heterocycles. The number of benzene rings is 1. The second-order valence-electron chi connectivity index (χ2n) is 5.68. The van der Waals surface area contributed by atoms with Crippen molar-refractivity contribution in [1.82, 2.24) is 4.90 Å². The first kappa shape index (κ1) is 14.3. The second kappa shape index (κ2) is 7.44. The van der Waals surface area contributed by atoms with Crippen molar-refractivity contribution in [3.63, 3.8) is 0 Å². The zero-order chi connectivity index (χ0) is 13.5. The van der Waals surface area contributed by atoms with Crippen LogP contribution in [0, 0.1) is 0 Å².